The zero-order chi connectivity index (χ0) is 17.1. The van der Waals surface area contributed by atoms with E-state index in [4.69, 9.17) is 0 Å². The van der Waals surface area contributed by atoms with E-state index < -0.39 is 0 Å². The maximum absolute atomic E-state index is 12.5. The second-order valence-corrected chi connectivity index (χ2v) is 6.61. The molecule has 0 radical (unpaired) electrons. The van der Waals surface area contributed by atoms with Crippen molar-refractivity contribution in [2.24, 2.45) is 5.92 Å². The van der Waals surface area contributed by atoms with E-state index in [1.807, 2.05) is 59.5 Å². The number of rotatable bonds is 3. The summed E-state index contributed by atoms with van der Waals surface area (Å²) in [7, 11) is 0. The van der Waals surface area contributed by atoms with Crippen molar-refractivity contribution >= 4 is 23.9 Å². The lowest BCUT2D eigenvalue weighted by Gasteiger charge is -2.23. The summed E-state index contributed by atoms with van der Waals surface area (Å²) in [5, 5.41) is 6.39. The zero-order valence-corrected chi connectivity index (χ0v) is 14.1. The number of hydrogen-bond acceptors (Lipinski definition) is 3. The van der Waals surface area contributed by atoms with E-state index in [1.54, 1.807) is 6.20 Å². The lowest BCUT2D eigenvalue weighted by molar-refractivity contribution is 0.206. The minimum atomic E-state index is 0.00739. The van der Waals surface area contributed by atoms with Crippen LogP contribution in [0.1, 0.15) is 17.7 Å². The van der Waals surface area contributed by atoms with E-state index in [1.165, 1.54) is 0 Å². The highest BCUT2D eigenvalue weighted by Crippen LogP contribution is 2.27. The number of anilines is 1. The molecule has 25 heavy (non-hydrogen) atoms. The third kappa shape index (κ3) is 3.56. The molecule has 2 saturated heterocycles. The van der Waals surface area contributed by atoms with Gasteiger partial charge in [0.05, 0.1) is 5.69 Å². The number of hydrogen-bond donors (Lipinski definition) is 2. The second-order valence-electron chi connectivity index (χ2n) is 6.61. The van der Waals surface area contributed by atoms with Crippen LogP contribution in [0.25, 0.3) is 12.2 Å². The number of pyridine rings is 1. The van der Waals surface area contributed by atoms with Crippen molar-refractivity contribution in [3.05, 3.63) is 59.9 Å². The number of nitrogens with one attached hydrogen (secondary N) is 2. The van der Waals surface area contributed by atoms with Gasteiger partial charge < -0.3 is 15.5 Å². The molecule has 0 saturated carbocycles. The summed E-state index contributed by atoms with van der Waals surface area (Å²) >= 11 is 0. The van der Waals surface area contributed by atoms with Crippen molar-refractivity contribution in [1.29, 1.82) is 0 Å². The molecule has 2 fully saturated rings. The Balaban J connectivity index is 1.37. The fraction of sp³-hybridized carbons (Fsp3) is 0.300. The largest absolute Gasteiger partial charge is 0.322 e. The van der Waals surface area contributed by atoms with Crippen molar-refractivity contribution in [2.75, 3.05) is 25.0 Å². The van der Waals surface area contributed by atoms with Crippen LogP contribution in [-0.4, -0.2) is 41.6 Å². The molecule has 2 amide bonds. The number of fused-ring (bicyclic) bond motifs is 1. The summed E-state index contributed by atoms with van der Waals surface area (Å²) in [5.41, 5.74) is 2.83. The van der Waals surface area contributed by atoms with Gasteiger partial charge in [0.25, 0.3) is 0 Å². The Morgan fingerprint density at radius 3 is 2.84 bits per heavy atom. The Kier molecular flexibility index (Phi) is 4.48. The Bertz CT molecular complexity index is 757. The predicted octanol–water partition coefficient (Wildman–Crippen LogP) is 3.08. The van der Waals surface area contributed by atoms with Crippen LogP contribution < -0.4 is 10.6 Å². The molecule has 2 aromatic rings. The molecule has 0 unspecified atom stereocenters. The van der Waals surface area contributed by atoms with Crippen LogP contribution in [0, 0.1) is 5.92 Å². The van der Waals surface area contributed by atoms with Gasteiger partial charge in [-0.15, -0.1) is 0 Å². The van der Waals surface area contributed by atoms with Crippen molar-refractivity contribution in [1.82, 2.24) is 15.2 Å². The van der Waals surface area contributed by atoms with E-state index in [0.717, 1.165) is 43.0 Å². The van der Waals surface area contributed by atoms with Gasteiger partial charge in [-0.25, -0.2) is 4.79 Å². The van der Waals surface area contributed by atoms with Crippen LogP contribution in [0.2, 0.25) is 0 Å². The van der Waals surface area contributed by atoms with E-state index in [9.17, 15) is 4.79 Å². The maximum Gasteiger partial charge on any atom is 0.322 e. The quantitative estimate of drug-likeness (QED) is 0.907. The third-order valence-corrected chi connectivity index (χ3v) is 5.00. The molecule has 2 N–H and O–H groups in total. The summed E-state index contributed by atoms with van der Waals surface area (Å²) in [6.07, 6.45) is 6.87. The first-order chi connectivity index (χ1) is 12.3. The van der Waals surface area contributed by atoms with Gasteiger partial charge in [-0.05, 0) is 48.2 Å². The number of carbonyl (C=O) groups excluding carboxylic acids is 1. The Hall–Kier alpha value is -2.66. The first kappa shape index (κ1) is 15.8. The lowest BCUT2D eigenvalue weighted by Crippen LogP contribution is -2.41. The number of amides is 2. The van der Waals surface area contributed by atoms with Crippen LogP contribution in [0.3, 0.4) is 0 Å². The highest BCUT2D eigenvalue weighted by molar-refractivity contribution is 5.90. The molecule has 0 bridgehead atoms. The molecule has 2 atom stereocenters. The lowest BCUT2D eigenvalue weighted by atomic mass is 10.1. The number of nitrogens with zero attached hydrogens (tertiary/aromatic N) is 2. The van der Waals surface area contributed by atoms with Crippen LogP contribution in [0.5, 0.6) is 0 Å². The van der Waals surface area contributed by atoms with E-state index in [2.05, 4.69) is 15.6 Å². The minimum absolute atomic E-state index is 0.00739. The molecule has 0 spiro atoms. The van der Waals surface area contributed by atoms with Gasteiger partial charge in [0.1, 0.15) is 0 Å². The molecule has 0 aliphatic carbocycles. The van der Waals surface area contributed by atoms with Gasteiger partial charge in [-0.3, -0.25) is 4.98 Å². The Morgan fingerprint density at radius 2 is 2.04 bits per heavy atom. The van der Waals surface area contributed by atoms with Crippen molar-refractivity contribution in [2.45, 2.75) is 12.5 Å². The summed E-state index contributed by atoms with van der Waals surface area (Å²) in [6.45, 7) is 2.80. The molecule has 2 aliphatic heterocycles. The number of likely N-dealkylation sites (tertiary alicyclic amines) is 1. The van der Waals surface area contributed by atoms with Crippen LogP contribution in [-0.2, 0) is 0 Å². The van der Waals surface area contributed by atoms with Gasteiger partial charge in [-0.1, -0.05) is 24.3 Å². The van der Waals surface area contributed by atoms with Crippen LogP contribution >= 0.6 is 0 Å². The predicted molar refractivity (Wildman–Crippen MR) is 100 cm³/mol. The molecule has 128 valence electrons. The molecule has 5 nitrogen and oxygen atoms in total. The first-order valence-electron chi connectivity index (χ1n) is 8.77. The van der Waals surface area contributed by atoms with Gasteiger partial charge >= 0.3 is 6.03 Å². The van der Waals surface area contributed by atoms with Gasteiger partial charge in [0.15, 0.2) is 0 Å². The average molecular weight is 334 g/mol. The Labute approximate surface area is 147 Å². The summed E-state index contributed by atoms with van der Waals surface area (Å²) in [4.78, 5) is 18.8. The number of benzene rings is 1. The molecule has 1 aromatic carbocycles. The van der Waals surface area contributed by atoms with E-state index in [-0.39, 0.29) is 6.03 Å². The summed E-state index contributed by atoms with van der Waals surface area (Å²) in [6, 6.07) is 14.1. The summed E-state index contributed by atoms with van der Waals surface area (Å²) < 4.78 is 0. The molecular weight excluding hydrogens is 312 g/mol. The highest BCUT2D eigenvalue weighted by Gasteiger charge is 2.39. The number of carbonyl (C=O) groups is 1. The zero-order valence-electron chi connectivity index (χ0n) is 14.1. The van der Waals surface area contributed by atoms with Crippen LogP contribution in [0.15, 0.2) is 48.7 Å². The van der Waals surface area contributed by atoms with E-state index in [0.29, 0.717) is 12.0 Å². The average Bonchev–Trinajstić information content (AvgIpc) is 3.25. The number of aromatic nitrogens is 1. The van der Waals surface area contributed by atoms with Crippen molar-refractivity contribution < 1.29 is 4.79 Å². The SMILES string of the molecule is O=C(Nc1ccc(/C=C/c2ccccn2)cc1)N1CC[C@H]2CNC[C@H]21. The molecule has 5 heteroatoms. The highest BCUT2D eigenvalue weighted by atomic mass is 16.2. The molecular formula is C20H22N4O. The van der Waals surface area contributed by atoms with Crippen LogP contribution in [0.4, 0.5) is 10.5 Å². The monoisotopic (exact) mass is 334 g/mol. The number of urea groups is 1. The second kappa shape index (κ2) is 7.07. The maximum atomic E-state index is 12.5. The van der Waals surface area contributed by atoms with Gasteiger partial charge in [-0.2, -0.15) is 0 Å². The van der Waals surface area contributed by atoms with Crippen molar-refractivity contribution in [3.8, 4) is 0 Å². The molecule has 4 rings (SSSR count). The Morgan fingerprint density at radius 1 is 1.16 bits per heavy atom. The van der Waals surface area contributed by atoms with Crippen molar-refractivity contribution in [3.63, 3.8) is 0 Å². The summed E-state index contributed by atoms with van der Waals surface area (Å²) in [5.74, 6) is 0.616. The normalized spacial score (nSPS) is 22.3. The minimum Gasteiger partial charge on any atom is -0.320 e. The van der Waals surface area contributed by atoms with Gasteiger partial charge in [0, 0.05) is 37.6 Å². The third-order valence-electron chi connectivity index (χ3n) is 5.00. The fourth-order valence-electron chi connectivity index (χ4n) is 3.63. The van der Waals surface area contributed by atoms with Gasteiger partial charge in [0.2, 0.25) is 0 Å². The standard InChI is InChI=1S/C20H22N4O/c25-20(24-12-10-16-13-21-14-19(16)24)23-18-8-5-15(6-9-18)4-7-17-3-1-2-11-22-17/h1-9,11,16,19,21H,10,12-14H2,(H,23,25)/b7-4+/t16-,19+/m0/s1. The molecule has 3 heterocycles. The molecule has 1 aromatic heterocycles. The smallest absolute Gasteiger partial charge is 0.320 e. The topological polar surface area (TPSA) is 57.3 Å². The van der Waals surface area contributed by atoms with E-state index >= 15 is 0 Å². The molecule has 2 aliphatic rings. The fourth-order valence-corrected chi connectivity index (χ4v) is 3.63. The first-order valence-corrected chi connectivity index (χ1v) is 8.77.